The van der Waals surface area contributed by atoms with E-state index in [9.17, 15) is 0 Å². The highest BCUT2D eigenvalue weighted by Crippen LogP contribution is 2.55. The van der Waals surface area contributed by atoms with Crippen LogP contribution >= 0.6 is 0 Å². The maximum absolute atomic E-state index is 2.59. The number of benzene rings is 7. The van der Waals surface area contributed by atoms with Crippen molar-refractivity contribution in [3.05, 3.63) is 139 Å². The predicted molar refractivity (Wildman–Crippen MR) is 178 cm³/mol. The molecule has 2 aliphatic rings. The van der Waals surface area contributed by atoms with Crippen LogP contribution in [0.25, 0.3) is 82.4 Å². The van der Waals surface area contributed by atoms with Crippen LogP contribution in [0.3, 0.4) is 0 Å². The Morgan fingerprint density at radius 3 is 1.90 bits per heavy atom. The van der Waals surface area contributed by atoms with E-state index in [2.05, 4.69) is 146 Å². The van der Waals surface area contributed by atoms with Crippen LogP contribution in [0.4, 0.5) is 0 Å². The third kappa shape index (κ3) is 2.56. The molecule has 2 aliphatic carbocycles. The monoisotopic (exact) mass is 533 g/mol. The summed E-state index contributed by atoms with van der Waals surface area (Å²) >= 11 is 0. The zero-order valence-corrected chi connectivity index (χ0v) is 23.6. The number of hydrogen-bond acceptors (Lipinski definition) is 0. The van der Waals surface area contributed by atoms with E-state index in [-0.39, 0.29) is 5.41 Å². The highest BCUT2D eigenvalue weighted by molar-refractivity contribution is 6.31. The lowest BCUT2D eigenvalue weighted by molar-refractivity contribution is 0.661. The molecule has 1 aromatic heterocycles. The molecule has 0 aliphatic heterocycles. The summed E-state index contributed by atoms with van der Waals surface area (Å²) in [5, 5.41) is 7.94. The standard InChI is InChI=1S/C41H27N/c1-41(2)32-19-8-7-16-31(32)37-33(41)23-25-11-3-4-13-26(25)40(37)42-34-20-10-18-30-28-15-6-5-14-27(28)29-17-9-12-24-21-22-35(42)39(36(24)29)38(30)34/h3-23H,1-2H3. The Kier molecular flexibility index (Phi) is 4.06. The van der Waals surface area contributed by atoms with Gasteiger partial charge in [0.25, 0.3) is 0 Å². The van der Waals surface area contributed by atoms with Crippen molar-refractivity contribution >= 4 is 43.4 Å². The van der Waals surface area contributed by atoms with Crippen LogP contribution in [0.2, 0.25) is 0 Å². The molecule has 8 aromatic rings. The summed E-state index contributed by atoms with van der Waals surface area (Å²) < 4.78 is 2.59. The lowest BCUT2D eigenvalue weighted by Crippen LogP contribution is -2.15. The minimum Gasteiger partial charge on any atom is -0.308 e. The molecule has 1 heterocycles. The predicted octanol–water partition coefficient (Wildman–Crippen LogP) is 11.0. The van der Waals surface area contributed by atoms with Crippen molar-refractivity contribution in [3.63, 3.8) is 0 Å². The molecule has 0 fully saturated rings. The highest BCUT2D eigenvalue weighted by Gasteiger charge is 2.38. The first-order chi connectivity index (χ1) is 20.6. The Hall–Kier alpha value is -5.14. The van der Waals surface area contributed by atoms with Gasteiger partial charge in [0, 0.05) is 27.1 Å². The average molecular weight is 534 g/mol. The zero-order valence-electron chi connectivity index (χ0n) is 23.6. The fraction of sp³-hybridized carbons (Fsp3) is 0.0732. The Bertz CT molecular complexity index is 2490. The lowest BCUT2D eigenvalue weighted by atomic mass is 9.81. The SMILES string of the molecule is CC1(C)c2ccccc2-c2c1cc1ccccc1c2-n1c2cccc3c2c2c4c(cccc4ccc21)-c1ccccc1-3. The van der Waals surface area contributed by atoms with Gasteiger partial charge in [-0.15, -0.1) is 0 Å². The smallest absolute Gasteiger partial charge is 0.0622 e. The minimum absolute atomic E-state index is 0.0845. The molecule has 0 amide bonds. The fourth-order valence-electron chi connectivity index (χ4n) is 8.29. The van der Waals surface area contributed by atoms with Crippen molar-refractivity contribution in [1.82, 2.24) is 4.57 Å². The molecule has 0 bridgehead atoms. The molecule has 1 heteroatoms. The minimum atomic E-state index is -0.0845. The summed E-state index contributed by atoms with van der Waals surface area (Å²) in [5.41, 5.74) is 14.5. The topological polar surface area (TPSA) is 4.93 Å². The largest absolute Gasteiger partial charge is 0.308 e. The molecule has 1 nitrogen and oxygen atoms in total. The molecule has 0 saturated heterocycles. The Morgan fingerprint density at radius 1 is 0.452 bits per heavy atom. The number of fused-ring (bicyclic) bond motifs is 7. The first kappa shape index (κ1) is 22.5. The quantitative estimate of drug-likeness (QED) is 0.198. The summed E-state index contributed by atoms with van der Waals surface area (Å²) in [7, 11) is 0. The van der Waals surface area contributed by atoms with Crippen LogP contribution < -0.4 is 0 Å². The molecule has 196 valence electrons. The van der Waals surface area contributed by atoms with Crippen molar-refractivity contribution in [2.24, 2.45) is 0 Å². The van der Waals surface area contributed by atoms with Gasteiger partial charge in [0.1, 0.15) is 0 Å². The zero-order chi connectivity index (χ0) is 27.7. The number of aromatic nitrogens is 1. The van der Waals surface area contributed by atoms with Crippen LogP contribution in [0.5, 0.6) is 0 Å². The average Bonchev–Trinajstić information content (AvgIpc) is 3.43. The van der Waals surface area contributed by atoms with Gasteiger partial charge in [0.05, 0.1) is 16.7 Å². The van der Waals surface area contributed by atoms with Gasteiger partial charge in [-0.25, -0.2) is 0 Å². The molecule has 0 spiro atoms. The van der Waals surface area contributed by atoms with Crippen LogP contribution in [0, 0.1) is 0 Å². The summed E-state index contributed by atoms with van der Waals surface area (Å²) in [6.45, 7) is 4.77. The van der Waals surface area contributed by atoms with Gasteiger partial charge in [-0.05, 0) is 73.3 Å². The first-order valence-electron chi connectivity index (χ1n) is 14.9. The van der Waals surface area contributed by atoms with E-state index in [0.29, 0.717) is 0 Å². The molecule has 10 rings (SSSR count). The number of rotatable bonds is 1. The summed E-state index contributed by atoms with van der Waals surface area (Å²) in [4.78, 5) is 0. The van der Waals surface area contributed by atoms with E-state index in [4.69, 9.17) is 0 Å². The van der Waals surface area contributed by atoms with Gasteiger partial charge in [0.2, 0.25) is 0 Å². The van der Waals surface area contributed by atoms with Gasteiger partial charge >= 0.3 is 0 Å². The normalized spacial score (nSPS) is 14.1. The maximum atomic E-state index is 2.59. The van der Waals surface area contributed by atoms with E-state index in [1.165, 1.54) is 93.5 Å². The molecule has 42 heavy (non-hydrogen) atoms. The summed E-state index contributed by atoms with van der Waals surface area (Å²) in [6, 6.07) is 47.8. The van der Waals surface area contributed by atoms with Crippen molar-refractivity contribution in [1.29, 1.82) is 0 Å². The molecular formula is C41H27N. The lowest BCUT2D eigenvalue weighted by Gasteiger charge is -2.23. The Labute approximate surface area is 244 Å². The third-order valence-electron chi connectivity index (χ3n) is 10.1. The van der Waals surface area contributed by atoms with E-state index in [1.807, 2.05) is 0 Å². The van der Waals surface area contributed by atoms with Crippen LogP contribution in [0.1, 0.15) is 25.0 Å². The third-order valence-corrected chi connectivity index (χ3v) is 10.1. The molecule has 0 atom stereocenters. The second kappa shape index (κ2) is 7.57. The second-order valence-corrected chi connectivity index (χ2v) is 12.5. The Morgan fingerprint density at radius 2 is 1.07 bits per heavy atom. The van der Waals surface area contributed by atoms with Crippen LogP contribution in [-0.2, 0) is 5.41 Å². The van der Waals surface area contributed by atoms with Gasteiger partial charge in [0.15, 0.2) is 0 Å². The van der Waals surface area contributed by atoms with Crippen molar-refractivity contribution in [3.8, 4) is 39.1 Å². The van der Waals surface area contributed by atoms with Crippen LogP contribution in [-0.4, -0.2) is 4.57 Å². The van der Waals surface area contributed by atoms with E-state index in [1.54, 1.807) is 0 Å². The van der Waals surface area contributed by atoms with Gasteiger partial charge in [-0.3, -0.25) is 0 Å². The fourth-order valence-corrected chi connectivity index (χ4v) is 8.29. The molecule has 0 radical (unpaired) electrons. The van der Waals surface area contributed by atoms with Crippen molar-refractivity contribution in [2.45, 2.75) is 19.3 Å². The highest BCUT2D eigenvalue weighted by atomic mass is 15.0. The first-order valence-corrected chi connectivity index (χ1v) is 14.9. The van der Waals surface area contributed by atoms with Crippen molar-refractivity contribution < 1.29 is 0 Å². The van der Waals surface area contributed by atoms with E-state index < -0.39 is 0 Å². The number of nitrogens with zero attached hydrogens (tertiary/aromatic N) is 1. The van der Waals surface area contributed by atoms with Gasteiger partial charge < -0.3 is 4.57 Å². The molecule has 0 unspecified atom stereocenters. The molecule has 7 aromatic carbocycles. The van der Waals surface area contributed by atoms with Crippen LogP contribution in [0.15, 0.2) is 127 Å². The molecule has 0 N–H and O–H groups in total. The van der Waals surface area contributed by atoms with Gasteiger partial charge in [-0.1, -0.05) is 123 Å². The van der Waals surface area contributed by atoms with E-state index >= 15 is 0 Å². The van der Waals surface area contributed by atoms with Gasteiger partial charge in [-0.2, -0.15) is 0 Å². The summed E-state index contributed by atoms with van der Waals surface area (Å²) in [5.74, 6) is 0. The maximum Gasteiger partial charge on any atom is 0.0622 e. The molecule has 0 saturated carbocycles. The second-order valence-electron chi connectivity index (χ2n) is 12.5. The van der Waals surface area contributed by atoms with E-state index in [0.717, 1.165) is 0 Å². The Balaban J connectivity index is 1.50. The number of hydrogen-bond donors (Lipinski definition) is 0. The van der Waals surface area contributed by atoms with Crippen molar-refractivity contribution in [2.75, 3.05) is 0 Å². The molecular weight excluding hydrogens is 506 g/mol. The summed E-state index contributed by atoms with van der Waals surface area (Å²) in [6.07, 6.45) is 0.